The van der Waals surface area contributed by atoms with Crippen LogP contribution in [0.25, 0.3) is 0 Å². The van der Waals surface area contributed by atoms with Gasteiger partial charge in [0.15, 0.2) is 0 Å². The Balaban J connectivity index is 2.07. The molecular weight excluding hydrogens is 354 g/mol. The highest BCUT2D eigenvalue weighted by Gasteiger charge is 2.13. The van der Waals surface area contributed by atoms with Crippen LogP contribution in [-0.4, -0.2) is 22.5 Å². The molecule has 0 saturated heterocycles. The molecule has 1 aromatic heterocycles. The van der Waals surface area contributed by atoms with Crippen LogP contribution in [0.3, 0.4) is 0 Å². The summed E-state index contributed by atoms with van der Waals surface area (Å²) in [6.45, 7) is 2.02. The summed E-state index contributed by atoms with van der Waals surface area (Å²) in [6, 6.07) is 7.90. The number of aromatic nitrogens is 2. The Morgan fingerprint density at radius 1 is 1.43 bits per heavy atom. The Labute approximate surface area is 135 Å². The van der Waals surface area contributed by atoms with Crippen molar-refractivity contribution in [3.63, 3.8) is 0 Å². The van der Waals surface area contributed by atoms with Crippen molar-refractivity contribution in [3.05, 3.63) is 46.3 Å². The normalized spacial score (nSPS) is 10.4. The molecule has 2 rings (SSSR count). The highest BCUT2D eigenvalue weighted by molar-refractivity contribution is 9.10. The van der Waals surface area contributed by atoms with Crippen LogP contribution in [0.5, 0.6) is 0 Å². The van der Waals surface area contributed by atoms with Crippen molar-refractivity contribution in [1.29, 1.82) is 0 Å². The molecule has 0 unspecified atom stereocenters. The molecule has 7 heteroatoms. The molecule has 2 aromatic rings. The number of hydrogen-bond acceptors (Lipinski definition) is 6. The third-order valence-electron chi connectivity index (χ3n) is 2.56. The van der Waals surface area contributed by atoms with E-state index in [1.807, 2.05) is 24.3 Å². The van der Waals surface area contributed by atoms with Gasteiger partial charge in [0, 0.05) is 15.6 Å². The fourth-order valence-corrected chi connectivity index (χ4v) is 3.01. The molecule has 0 aliphatic heterocycles. The van der Waals surface area contributed by atoms with Crippen LogP contribution in [0.15, 0.2) is 39.8 Å². The summed E-state index contributed by atoms with van der Waals surface area (Å²) < 4.78 is 5.90. The molecule has 0 atom stereocenters. The molecular formula is C14H14BrN3O2S. The number of anilines is 1. The van der Waals surface area contributed by atoms with Gasteiger partial charge in [-0.15, -0.1) is 11.8 Å². The van der Waals surface area contributed by atoms with E-state index in [-0.39, 0.29) is 18.0 Å². The molecule has 0 amide bonds. The van der Waals surface area contributed by atoms with Crippen LogP contribution < -0.4 is 5.73 Å². The second-order valence-electron chi connectivity index (χ2n) is 4.02. The van der Waals surface area contributed by atoms with Crippen molar-refractivity contribution in [1.82, 2.24) is 9.97 Å². The summed E-state index contributed by atoms with van der Waals surface area (Å²) in [5.74, 6) is 0.781. The lowest BCUT2D eigenvalue weighted by Crippen LogP contribution is -2.11. The van der Waals surface area contributed by atoms with Crippen molar-refractivity contribution in [2.75, 3.05) is 12.3 Å². The largest absolute Gasteiger partial charge is 0.462 e. The quantitative estimate of drug-likeness (QED) is 0.645. The molecule has 0 saturated carbocycles. The van der Waals surface area contributed by atoms with Crippen molar-refractivity contribution in [2.45, 2.75) is 17.6 Å². The van der Waals surface area contributed by atoms with Gasteiger partial charge in [0.2, 0.25) is 0 Å². The number of ether oxygens (including phenoxy) is 1. The summed E-state index contributed by atoms with van der Waals surface area (Å²) in [5, 5.41) is 0. The molecule has 0 fully saturated rings. The molecule has 0 aliphatic carbocycles. The average molecular weight is 368 g/mol. The lowest BCUT2D eigenvalue weighted by atomic mass is 10.3. The van der Waals surface area contributed by atoms with E-state index in [0.717, 1.165) is 9.37 Å². The van der Waals surface area contributed by atoms with Gasteiger partial charge in [0.25, 0.3) is 0 Å². The highest BCUT2D eigenvalue weighted by Crippen LogP contribution is 2.29. The van der Waals surface area contributed by atoms with Crippen molar-refractivity contribution in [3.8, 4) is 0 Å². The Kier molecular flexibility index (Phi) is 5.58. The van der Waals surface area contributed by atoms with Crippen molar-refractivity contribution < 1.29 is 9.53 Å². The van der Waals surface area contributed by atoms with Crippen LogP contribution in [0, 0.1) is 0 Å². The second-order valence-corrected chi connectivity index (χ2v) is 5.90. The Morgan fingerprint density at radius 2 is 2.19 bits per heavy atom. The monoisotopic (exact) mass is 367 g/mol. The summed E-state index contributed by atoms with van der Waals surface area (Å²) in [6.07, 6.45) is 1.41. The topological polar surface area (TPSA) is 78.1 Å². The van der Waals surface area contributed by atoms with Crippen LogP contribution in [-0.2, 0) is 10.5 Å². The first-order chi connectivity index (χ1) is 10.1. The number of rotatable bonds is 5. The Bertz CT molecular complexity index is 652. The molecule has 2 N–H and O–H groups in total. The van der Waals surface area contributed by atoms with Gasteiger partial charge in [-0.25, -0.2) is 14.8 Å². The zero-order valence-electron chi connectivity index (χ0n) is 11.4. The number of carbonyl (C=O) groups excluding carboxylic acids is 1. The smallest absolute Gasteiger partial charge is 0.343 e. The lowest BCUT2D eigenvalue weighted by Gasteiger charge is -2.07. The van der Waals surface area contributed by atoms with Gasteiger partial charge in [-0.3, -0.25) is 0 Å². The Morgan fingerprint density at radius 3 is 2.86 bits per heavy atom. The number of nitrogen functional groups attached to an aromatic ring is 1. The van der Waals surface area contributed by atoms with Gasteiger partial charge in [-0.2, -0.15) is 0 Å². The van der Waals surface area contributed by atoms with E-state index in [2.05, 4.69) is 25.9 Å². The standard InChI is InChI=1S/C14H14BrN3O2S/c1-2-20-14(19)9-7-17-12(18-13(9)16)8-21-11-6-4-3-5-10(11)15/h3-7H,2,8H2,1H3,(H2,16,17,18). The highest BCUT2D eigenvalue weighted by atomic mass is 79.9. The first kappa shape index (κ1) is 15.8. The summed E-state index contributed by atoms with van der Waals surface area (Å²) in [5.41, 5.74) is 5.98. The summed E-state index contributed by atoms with van der Waals surface area (Å²) in [7, 11) is 0. The number of nitrogens with zero attached hydrogens (tertiary/aromatic N) is 2. The average Bonchev–Trinajstić information content (AvgIpc) is 2.46. The molecule has 1 heterocycles. The van der Waals surface area contributed by atoms with Crippen LogP contribution in [0.1, 0.15) is 23.1 Å². The maximum Gasteiger partial charge on any atom is 0.343 e. The van der Waals surface area contributed by atoms with E-state index in [1.165, 1.54) is 6.20 Å². The molecule has 110 valence electrons. The molecule has 5 nitrogen and oxygen atoms in total. The molecule has 0 aliphatic rings. The van der Waals surface area contributed by atoms with Gasteiger partial charge in [0.05, 0.1) is 12.4 Å². The van der Waals surface area contributed by atoms with Crippen LogP contribution >= 0.6 is 27.7 Å². The molecule has 21 heavy (non-hydrogen) atoms. The summed E-state index contributed by atoms with van der Waals surface area (Å²) in [4.78, 5) is 21.0. The van der Waals surface area contributed by atoms with Gasteiger partial charge in [0.1, 0.15) is 17.2 Å². The van der Waals surface area contributed by atoms with E-state index in [0.29, 0.717) is 11.6 Å². The molecule has 0 radical (unpaired) electrons. The first-order valence-electron chi connectivity index (χ1n) is 6.27. The number of benzene rings is 1. The van der Waals surface area contributed by atoms with Crippen LogP contribution in [0.2, 0.25) is 0 Å². The van der Waals surface area contributed by atoms with Gasteiger partial charge >= 0.3 is 5.97 Å². The van der Waals surface area contributed by atoms with Gasteiger partial charge in [-0.1, -0.05) is 12.1 Å². The maximum absolute atomic E-state index is 11.6. The lowest BCUT2D eigenvalue weighted by molar-refractivity contribution is 0.0526. The SMILES string of the molecule is CCOC(=O)c1cnc(CSc2ccccc2Br)nc1N. The molecule has 0 spiro atoms. The van der Waals surface area contributed by atoms with E-state index >= 15 is 0 Å². The first-order valence-corrected chi connectivity index (χ1v) is 8.05. The van der Waals surface area contributed by atoms with Crippen molar-refractivity contribution in [2.24, 2.45) is 0 Å². The number of carbonyl (C=O) groups is 1. The minimum atomic E-state index is -0.500. The van der Waals surface area contributed by atoms with Crippen molar-refractivity contribution >= 4 is 39.5 Å². The van der Waals surface area contributed by atoms with E-state index in [1.54, 1.807) is 18.7 Å². The fraction of sp³-hybridized carbons (Fsp3) is 0.214. The second kappa shape index (κ2) is 7.42. The van der Waals surface area contributed by atoms with Crippen LogP contribution in [0.4, 0.5) is 5.82 Å². The zero-order chi connectivity index (χ0) is 15.2. The summed E-state index contributed by atoms with van der Waals surface area (Å²) >= 11 is 5.07. The maximum atomic E-state index is 11.6. The molecule has 0 bridgehead atoms. The third-order valence-corrected chi connectivity index (χ3v) is 4.58. The van der Waals surface area contributed by atoms with Gasteiger partial charge in [-0.05, 0) is 35.0 Å². The van der Waals surface area contributed by atoms with Gasteiger partial charge < -0.3 is 10.5 Å². The predicted molar refractivity (Wildman–Crippen MR) is 86.1 cm³/mol. The molecule has 1 aromatic carbocycles. The van der Waals surface area contributed by atoms with E-state index in [4.69, 9.17) is 10.5 Å². The third kappa shape index (κ3) is 4.18. The fourth-order valence-electron chi connectivity index (χ4n) is 1.57. The minimum absolute atomic E-state index is 0.145. The number of nitrogens with two attached hydrogens (primary N) is 1. The number of halogens is 1. The minimum Gasteiger partial charge on any atom is -0.462 e. The van der Waals surface area contributed by atoms with E-state index < -0.39 is 5.97 Å². The number of hydrogen-bond donors (Lipinski definition) is 1. The number of esters is 1. The number of thioether (sulfide) groups is 1. The van der Waals surface area contributed by atoms with E-state index in [9.17, 15) is 4.79 Å². The predicted octanol–water partition coefficient (Wildman–Crippen LogP) is 3.29. The zero-order valence-corrected chi connectivity index (χ0v) is 13.8. The Hall–Kier alpha value is -1.60.